The highest BCUT2D eigenvalue weighted by Gasteiger charge is 2.18. The zero-order valence-corrected chi connectivity index (χ0v) is 10.4. The van der Waals surface area contributed by atoms with Crippen LogP contribution in [0.5, 0.6) is 17.2 Å². The van der Waals surface area contributed by atoms with Gasteiger partial charge in [0.1, 0.15) is 12.4 Å². The number of ether oxygens (including phenoxy) is 4. The third-order valence-corrected chi connectivity index (χ3v) is 2.26. The van der Waals surface area contributed by atoms with Crippen LogP contribution in [0.4, 0.5) is 0 Å². The summed E-state index contributed by atoms with van der Waals surface area (Å²) in [7, 11) is 5.96. The fourth-order valence-corrected chi connectivity index (χ4v) is 1.47. The van der Waals surface area contributed by atoms with E-state index in [0.717, 1.165) is 0 Å². The molecule has 0 N–H and O–H groups in total. The van der Waals surface area contributed by atoms with Gasteiger partial charge in [0.2, 0.25) is 0 Å². The Balaban J connectivity index is 3.28. The zero-order chi connectivity index (χ0) is 12.8. The quantitative estimate of drug-likeness (QED) is 0.706. The second kappa shape index (κ2) is 6.10. The van der Waals surface area contributed by atoms with E-state index in [9.17, 15) is 4.79 Å². The monoisotopic (exact) mass is 240 g/mol. The van der Waals surface area contributed by atoms with Crippen LogP contribution in [0.3, 0.4) is 0 Å². The summed E-state index contributed by atoms with van der Waals surface area (Å²) in [6, 6.07) is 3.26. The maximum absolute atomic E-state index is 11.8. The van der Waals surface area contributed by atoms with Gasteiger partial charge in [0.25, 0.3) is 0 Å². The molecule has 0 aliphatic heterocycles. The van der Waals surface area contributed by atoms with E-state index < -0.39 is 0 Å². The SMILES string of the molecule is COCC(=O)c1cc(OC)cc(OC)c1OC. The summed E-state index contributed by atoms with van der Waals surface area (Å²) in [4.78, 5) is 11.8. The van der Waals surface area contributed by atoms with Gasteiger partial charge in [0, 0.05) is 13.2 Å². The zero-order valence-electron chi connectivity index (χ0n) is 10.4. The summed E-state index contributed by atoms with van der Waals surface area (Å²) in [5, 5.41) is 0. The van der Waals surface area contributed by atoms with Crippen LogP contribution in [0.2, 0.25) is 0 Å². The molecule has 0 saturated carbocycles. The largest absolute Gasteiger partial charge is 0.497 e. The van der Waals surface area contributed by atoms with Crippen molar-refractivity contribution in [1.29, 1.82) is 0 Å². The number of hydrogen-bond donors (Lipinski definition) is 0. The molecule has 0 unspecified atom stereocenters. The molecule has 0 amide bonds. The third kappa shape index (κ3) is 2.88. The number of benzene rings is 1. The molecule has 17 heavy (non-hydrogen) atoms. The molecule has 0 fully saturated rings. The molecule has 0 saturated heterocycles. The summed E-state index contributed by atoms with van der Waals surface area (Å²) < 4.78 is 20.2. The van der Waals surface area contributed by atoms with E-state index in [2.05, 4.69) is 0 Å². The predicted octanol–water partition coefficient (Wildman–Crippen LogP) is 1.54. The smallest absolute Gasteiger partial charge is 0.192 e. The van der Waals surface area contributed by atoms with Crippen LogP contribution in [0, 0.1) is 0 Å². The summed E-state index contributed by atoms with van der Waals surface area (Å²) in [6.07, 6.45) is 0. The van der Waals surface area contributed by atoms with Crippen molar-refractivity contribution in [2.75, 3.05) is 35.0 Å². The summed E-state index contributed by atoms with van der Waals surface area (Å²) in [5.41, 5.74) is 0.380. The summed E-state index contributed by atoms with van der Waals surface area (Å²) in [6.45, 7) is -0.0211. The molecular weight excluding hydrogens is 224 g/mol. The maximum Gasteiger partial charge on any atom is 0.192 e. The lowest BCUT2D eigenvalue weighted by atomic mass is 10.1. The molecule has 1 aromatic carbocycles. The van der Waals surface area contributed by atoms with E-state index in [1.54, 1.807) is 12.1 Å². The van der Waals surface area contributed by atoms with E-state index in [1.165, 1.54) is 28.4 Å². The van der Waals surface area contributed by atoms with Crippen molar-refractivity contribution >= 4 is 5.78 Å². The standard InChI is InChI=1S/C12H16O5/c1-14-7-10(13)9-5-8(15-2)6-11(16-3)12(9)17-4/h5-6H,7H2,1-4H3. The summed E-state index contributed by atoms with van der Waals surface area (Å²) >= 11 is 0. The first-order chi connectivity index (χ1) is 8.17. The first-order valence-electron chi connectivity index (χ1n) is 5.00. The average molecular weight is 240 g/mol. The number of Topliss-reactive ketones (excluding diaryl/α,β-unsaturated/α-hetero) is 1. The Bertz CT molecular complexity index is 400. The van der Waals surface area contributed by atoms with Crippen molar-refractivity contribution in [3.05, 3.63) is 17.7 Å². The maximum atomic E-state index is 11.8. The van der Waals surface area contributed by atoms with Gasteiger partial charge >= 0.3 is 0 Å². The number of methoxy groups -OCH3 is 4. The van der Waals surface area contributed by atoms with Gasteiger partial charge in [-0.15, -0.1) is 0 Å². The van der Waals surface area contributed by atoms with E-state index in [1.807, 2.05) is 0 Å². The molecule has 94 valence electrons. The molecule has 1 rings (SSSR count). The molecule has 5 nitrogen and oxygen atoms in total. The Morgan fingerprint density at radius 3 is 2.24 bits per heavy atom. The van der Waals surface area contributed by atoms with E-state index in [0.29, 0.717) is 22.8 Å². The van der Waals surface area contributed by atoms with Crippen molar-refractivity contribution in [2.45, 2.75) is 0 Å². The Morgan fingerprint density at radius 2 is 1.76 bits per heavy atom. The molecular formula is C12H16O5. The number of ketones is 1. The van der Waals surface area contributed by atoms with E-state index in [-0.39, 0.29) is 12.4 Å². The Hall–Kier alpha value is -1.75. The van der Waals surface area contributed by atoms with Crippen LogP contribution in [0.1, 0.15) is 10.4 Å². The molecule has 1 aromatic rings. The molecule has 0 heterocycles. The number of carbonyl (C=O) groups is 1. The summed E-state index contributed by atoms with van der Waals surface area (Å²) in [5.74, 6) is 1.17. The molecule has 5 heteroatoms. The first kappa shape index (κ1) is 13.3. The minimum Gasteiger partial charge on any atom is -0.497 e. The molecule has 0 atom stereocenters. The van der Waals surface area contributed by atoms with Crippen molar-refractivity contribution in [3.63, 3.8) is 0 Å². The van der Waals surface area contributed by atoms with Crippen molar-refractivity contribution < 1.29 is 23.7 Å². The topological polar surface area (TPSA) is 54.0 Å². The Labute approximate surface area is 100 Å². The normalized spacial score (nSPS) is 9.88. The lowest BCUT2D eigenvalue weighted by Gasteiger charge is -2.13. The number of carbonyl (C=O) groups excluding carboxylic acids is 1. The van der Waals surface area contributed by atoms with Gasteiger partial charge in [0.15, 0.2) is 17.3 Å². The van der Waals surface area contributed by atoms with Gasteiger partial charge in [0.05, 0.1) is 26.9 Å². The number of rotatable bonds is 6. The van der Waals surface area contributed by atoms with Crippen molar-refractivity contribution in [2.24, 2.45) is 0 Å². The van der Waals surface area contributed by atoms with E-state index in [4.69, 9.17) is 18.9 Å². The second-order valence-electron chi connectivity index (χ2n) is 3.27. The van der Waals surface area contributed by atoms with Gasteiger partial charge in [-0.25, -0.2) is 0 Å². The van der Waals surface area contributed by atoms with Crippen LogP contribution < -0.4 is 14.2 Å². The van der Waals surface area contributed by atoms with Crippen molar-refractivity contribution in [1.82, 2.24) is 0 Å². The molecule has 0 bridgehead atoms. The van der Waals surface area contributed by atoms with Crippen LogP contribution in [-0.2, 0) is 4.74 Å². The van der Waals surface area contributed by atoms with Crippen LogP contribution in [-0.4, -0.2) is 40.8 Å². The van der Waals surface area contributed by atoms with Gasteiger partial charge < -0.3 is 18.9 Å². The highest BCUT2D eigenvalue weighted by Crippen LogP contribution is 2.35. The Morgan fingerprint density at radius 1 is 1.06 bits per heavy atom. The van der Waals surface area contributed by atoms with Crippen LogP contribution in [0.15, 0.2) is 12.1 Å². The Kier molecular flexibility index (Phi) is 4.78. The average Bonchev–Trinajstić information content (AvgIpc) is 2.37. The van der Waals surface area contributed by atoms with Crippen LogP contribution in [0.25, 0.3) is 0 Å². The van der Waals surface area contributed by atoms with Gasteiger partial charge in [-0.1, -0.05) is 0 Å². The number of hydrogen-bond acceptors (Lipinski definition) is 5. The van der Waals surface area contributed by atoms with E-state index >= 15 is 0 Å². The fourth-order valence-electron chi connectivity index (χ4n) is 1.47. The molecule has 0 aromatic heterocycles. The molecule has 0 aliphatic rings. The third-order valence-electron chi connectivity index (χ3n) is 2.26. The molecule has 0 spiro atoms. The second-order valence-corrected chi connectivity index (χ2v) is 3.27. The predicted molar refractivity (Wildman–Crippen MR) is 62.3 cm³/mol. The first-order valence-corrected chi connectivity index (χ1v) is 5.00. The lowest BCUT2D eigenvalue weighted by molar-refractivity contribution is 0.0844. The van der Waals surface area contributed by atoms with Crippen LogP contribution >= 0.6 is 0 Å². The molecule has 0 aliphatic carbocycles. The van der Waals surface area contributed by atoms with Gasteiger partial charge in [-0.05, 0) is 6.07 Å². The fraction of sp³-hybridized carbons (Fsp3) is 0.417. The van der Waals surface area contributed by atoms with Crippen molar-refractivity contribution in [3.8, 4) is 17.2 Å². The highest BCUT2D eigenvalue weighted by molar-refractivity contribution is 6.00. The molecule has 0 radical (unpaired) electrons. The lowest BCUT2D eigenvalue weighted by Crippen LogP contribution is -2.10. The van der Waals surface area contributed by atoms with Gasteiger partial charge in [-0.2, -0.15) is 0 Å². The highest BCUT2D eigenvalue weighted by atomic mass is 16.5. The minimum absolute atomic E-state index is 0.0211. The minimum atomic E-state index is -0.193. The van der Waals surface area contributed by atoms with Gasteiger partial charge in [-0.3, -0.25) is 4.79 Å².